The molecule has 0 heterocycles. The molecule has 0 atom stereocenters. The van der Waals surface area contributed by atoms with Crippen LogP contribution in [0.15, 0.2) is 72.8 Å². The highest BCUT2D eigenvalue weighted by Gasteiger charge is 2.09. The summed E-state index contributed by atoms with van der Waals surface area (Å²) in [6, 6.07) is 21.3. The van der Waals surface area contributed by atoms with Crippen LogP contribution >= 0.6 is 15.9 Å². The van der Waals surface area contributed by atoms with Crippen LogP contribution in [0.5, 0.6) is 0 Å². The molecule has 0 aliphatic carbocycles. The second kappa shape index (κ2) is 7.17. The van der Waals surface area contributed by atoms with Crippen LogP contribution in [0, 0.1) is 0 Å². The van der Waals surface area contributed by atoms with Crippen molar-refractivity contribution in [3.8, 4) is 0 Å². The zero-order valence-electron chi connectivity index (χ0n) is 10.3. The number of hydrogen-bond donors (Lipinski definition) is 0. The van der Waals surface area contributed by atoms with Gasteiger partial charge in [-0.05, 0) is 17.5 Å². The number of halogens is 1. The number of allylic oxidation sites excluding steroid dienone is 2. The van der Waals surface area contributed by atoms with Crippen LogP contribution in [0.1, 0.15) is 23.5 Å². The Morgan fingerprint density at radius 3 is 1.78 bits per heavy atom. The molecule has 0 N–H and O–H groups in total. The van der Waals surface area contributed by atoms with Gasteiger partial charge in [0.2, 0.25) is 0 Å². The number of alkyl halides is 1. The van der Waals surface area contributed by atoms with E-state index in [9.17, 15) is 0 Å². The maximum Gasteiger partial charge on any atom is 0.0269 e. The van der Waals surface area contributed by atoms with Gasteiger partial charge in [0.05, 0.1) is 0 Å². The lowest BCUT2D eigenvalue weighted by molar-refractivity contribution is 1.01. The fourth-order valence-corrected chi connectivity index (χ4v) is 2.30. The van der Waals surface area contributed by atoms with E-state index in [4.69, 9.17) is 0 Å². The Morgan fingerprint density at radius 1 is 0.833 bits per heavy atom. The zero-order chi connectivity index (χ0) is 12.6. The summed E-state index contributed by atoms with van der Waals surface area (Å²) in [5.41, 5.74) is 2.68. The Bertz CT molecular complexity index is 434. The quantitative estimate of drug-likeness (QED) is 0.528. The molecule has 0 aromatic heterocycles. The summed E-state index contributed by atoms with van der Waals surface area (Å²) in [6.45, 7) is 0. The van der Waals surface area contributed by atoms with E-state index in [0.717, 1.165) is 11.8 Å². The molecule has 0 aliphatic rings. The van der Waals surface area contributed by atoms with E-state index in [1.54, 1.807) is 0 Å². The maximum absolute atomic E-state index is 3.46. The predicted molar refractivity (Wildman–Crippen MR) is 82.3 cm³/mol. The third kappa shape index (κ3) is 3.58. The first-order valence-electron chi connectivity index (χ1n) is 6.24. The normalized spacial score (nSPS) is 11.2. The highest BCUT2D eigenvalue weighted by atomic mass is 79.9. The average Bonchev–Trinajstić information content (AvgIpc) is 2.46. The van der Waals surface area contributed by atoms with Crippen LogP contribution < -0.4 is 0 Å². The lowest BCUT2D eigenvalue weighted by Crippen LogP contribution is -1.97. The summed E-state index contributed by atoms with van der Waals surface area (Å²) in [5.74, 6) is 0.353. The molecule has 18 heavy (non-hydrogen) atoms. The summed E-state index contributed by atoms with van der Waals surface area (Å²) in [7, 11) is 0. The van der Waals surface area contributed by atoms with E-state index in [1.165, 1.54) is 11.1 Å². The molecule has 0 aliphatic heterocycles. The van der Waals surface area contributed by atoms with Crippen LogP contribution in [-0.4, -0.2) is 5.33 Å². The second-order valence-electron chi connectivity index (χ2n) is 4.20. The molecule has 92 valence electrons. The smallest absolute Gasteiger partial charge is 0.0269 e. The van der Waals surface area contributed by atoms with Crippen molar-refractivity contribution in [1.29, 1.82) is 0 Å². The molecule has 0 unspecified atom stereocenters. The van der Waals surface area contributed by atoms with Gasteiger partial charge in [-0.1, -0.05) is 88.7 Å². The van der Waals surface area contributed by atoms with Crippen molar-refractivity contribution in [1.82, 2.24) is 0 Å². The Hall–Kier alpha value is -1.34. The molecule has 2 rings (SSSR count). The van der Waals surface area contributed by atoms with E-state index >= 15 is 0 Å². The first kappa shape index (κ1) is 13.1. The van der Waals surface area contributed by atoms with E-state index in [1.807, 2.05) is 0 Å². The van der Waals surface area contributed by atoms with Gasteiger partial charge in [0.25, 0.3) is 0 Å². The highest BCUT2D eigenvalue weighted by Crippen LogP contribution is 2.25. The molecule has 2 aromatic rings. The molecule has 0 amide bonds. The SMILES string of the molecule is BrCCC=CC(c1ccccc1)c1ccccc1. The summed E-state index contributed by atoms with van der Waals surface area (Å²) in [6.07, 6.45) is 5.61. The van der Waals surface area contributed by atoms with Gasteiger partial charge in [-0.3, -0.25) is 0 Å². The minimum atomic E-state index is 0.353. The molecular weight excluding hydrogens is 284 g/mol. The maximum atomic E-state index is 3.46. The third-order valence-corrected chi connectivity index (χ3v) is 3.38. The molecule has 0 fully saturated rings. The molecule has 0 nitrogen and oxygen atoms in total. The topological polar surface area (TPSA) is 0 Å². The number of hydrogen-bond acceptors (Lipinski definition) is 0. The number of benzene rings is 2. The zero-order valence-corrected chi connectivity index (χ0v) is 11.9. The first-order valence-corrected chi connectivity index (χ1v) is 7.36. The molecule has 0 saturated heterocycles. The van der Waals surface area contributed by atoms with Crippen molar-refractivity contribution in [3.05, 3.63) is 83.9 Å². The Morgan fingerprint density at radius 2 is 1.33 bits per heavy atom. The molecule has 0 radical (unpaired) electrons. The predicted octanol–water partition coefficient (Wildman–Crippen LogP) is 5.16. The standard InChI is InChI=1S/C17H17Br/c18-14-8-7-13-17(15-9-3-1-4-10-15)16-11-5-2-6-12-16/h1-7,9-13,17H,8,14H2. The van der Waals surface area contributed by atoms with Crippen molar-refractivity contribution in [2.75, 3.05) is 5.33 Å². The first-order chi connectivity index (χ1) is 8.92. The summed E-state index contributed by atoms with van der Waals surface area (Å²) in [5, 5.41) is 1.01. The van der Waals surface area contributed by atoms with E-state index in [-0.39, 0.29) is 0 Å². The summed E-state index contributed by atoms with van der Waals surface area (Å²) < 4.78 is 0. The second-order valence-corrected chi connectivity index (χ2v) is 5.00. The van der Waals surface area contributed by atoms with Gasteiger partial charge in [-0.25, -0.2) is 0 Å². The van der Waals surface area contributed by atoms with Crippen molar-refractivity contribution in [3.63, 3.8) is 0 Å². The van der Waals surface area contributed by atoms with Gasteiger partial charge in [0.15, 0.2) is 0 Å². The van der Waals surface area contributed by atoms with Gasteiger partial charge < -0.3 is 0 Å². The van der Waals surface area contributed by atoms with Gasteiger partial charge in [-0.15, -0.1) is 0 Å². The average molecular weight is 301 g/mol. The van der Waals surface area contributed by atoms with Crippen molar-refractivity contribution < 1.29 is 0 Å². The van der Waals surface area contributed by atoms with E-state index in [0.29, 0.717) is 5.92 Å². The monoisotopic (exact) mass is 300 g/mol. The van der Waals surface area contributed by atoms with Crippen LogP contribution in [0.25, 0.3) is 0 Å². The molecule has 1 heteroatoms. The van der Waals surface area contributed by atoms with Crippen LogP contribution in [0.2, 0.25) is 0 Å². The Labute approximate surface area is 117 Å². The summed E-state index contributed by atoms with van der Waals surface area (Å²) in [4.78, 5) is 0. The van der Waals surface area contributed by atoms with Crippen molar-refractivity contribution in [2.24, 2.45) is 0 Å². The Balaban J connectivity index is 2.29. The van der Waals surface area contributed by atoms with Crippen molar-refractivity contribution in [2.45, 2.75) is 12.3 Å². The van der Waals surface area contributed by atoms with E-state index in [2.05, 4.69) is 88.7 Å². The largest absolute Gasteiger partial charge is 0.0925 e. The molecule has 0 spiro atoms. The van der Waals surface area contributed by atoms with Crippen LogP contribution in [0.3, 0.4) is 0 Å². The third-order valence-electron chi connectivity index (χ3n) is 2.92. The molecule has 0 bridgehead atoms. The highest BCUT2D eigenvalue weighted by molar-refractivity contribution is 9.09. The van der Waals surface area contributed by atoms with Crippen LogP contribution in [-0.2, 0) is 0 Å². The molecule has 0 saturated carbocycles. The van der Waals surface area contributed by atoms with Crippen LogP contribution in [0.4, 0.5) is 0 Å². The minimum absolute atomic E-state index is 0.353. The van der Waals surface area contributed by atoms with E-state index < -0.39 is 0 Å². The fraction of sp³-hybridized carbons (Fsp3) is 0.176. The molecular formula is C17H17Br. The van der Waals surface area contributed by atoms with Gasteiger partial charge in [0, 0.05) is 11.2 Å². The van der Waals surface area contributed by atoms with Gasteiger partial charge in [-0.2, -0.15) is 0 Å². The number of rotatable bonds is 5. The minimum Gasteiger partial charge on any atom is -0.0925 e. The Kier molecular flexibility index (Phi) is 5.22. The fourth-order valence-electron chi connectivity index (χ4n) is 2.03. The summed E-state index contributed by atoms with van der Waals surface area (Å²) >= 11 is 3.46. The molecule has 2 aromatic carbocycles. The lowest BCUT2D eigenvalue weighted by atomic mass is 9.91. The van der Waals surface area contributed by atoms with Gasteiger partial charge >= 0.3 is 0 Å². The van der Waals surface area contributed by atoms with Gasteiger partial charge in [0.1, 0.15) is 0 Å². The van der Waals surface area contributed by atoms with Crippen molar-refractivity contribution >= 4 is 15.9 Å². The lowest BCUT2D eigenvalue weighted by Gasteiger charge is -2.13.